The van der Waals surface area contributed by atoms with Crippen LogP contribution in [-0.4, -0.2) is 22.6 Å². The average Bonchev–Trinajstić information content (AvgIpc) is 3.21. The molecule has 2 N–H and O–H groups in total. The monoisotopic (exact) mass is 520 g/mol. The number of carbonyl (C=O) groups excluding carboxylic acids is 2. The molecule has 4 aromatic rings. The molecule has 6 heteroatoms. The molecule has 200 valence electrons. The van der Waals surface area contributed by atoms with Crippen molar-refractivity contribution in [1.29, 1.82) is 0 Å². The number of hydrogen-bond acceptors (Lipinski definition) is 3. The SMILES string of the molecule is Cc1cc(/C=N\NC(=O)C[C@@H](NC(=O)c2ccccc2)c2ccccc2)c(C)n1-c1ccc(C(C)(C)C)cc1. The number of nitrogens with zero attached hydrogens (tertiary/aromatic N) is 2. The highest BCUT2D eigenvalue weighted by molar-refractivity contribution is 5.94. The molecule has 1 aromatic heterocycles. The molecule has 0 aliphatic heterocycles. The van der Waals surface area contributed by atoms with Gasteiger partial charge in [-0.15, -0.1) is 0 Å². The highest BCUT2D eigenvalue weighted by atomic mass is 16.2. The van der Waals surface area contributed by atoms with Crippen LogP contribution in [-0.2, 0) is 10.2 Å². The maximum atomic E-state index is 12.8. The summed E-state index contributed by atoms with van der Waals surface area (Å²) >= 11 is 0. The van der Waals surface area contributed by atoms with E-state index >= 15 is 0 Å². The third-order valence-corrected chi connectivity index (χ3v) is 6.79. The lowest BCUT2D eigenvalue weighted by molar-refractivity contribution is -0.121. The van der Waals surface area contributed by atoms with E-state index in [9.17, 15) is 9.59 Å². The predicted molar refractivity (Wildman–Crippen MR) is 157 cm³/mol. The summed E-state index contributed by atoms with van der Waals surface area (Å²) < 4.78 is 2.18. The molecule has 3 aromatic carbocycles. The van der Waals surface area contributed by atoms with Crippen LogP contribution in [0.5, 0.6) is 0 Å². The fraction of sp³-hybridized carbons (Fsp3) is 0.242. The van der Waals surface area contributed by atoms with Gasteiger partial charge < -0.3 is 9.88 Å². The Morgan fingerprint density at radius 2 is 1.51 bits per heavy atom. The van der Waals surface area contributed by atoms with Gasteiger partial charge in [0.25, 0.3) is 5.91 Å². The molecule has 0 aliphatic rings. The summed E-state index contributed by atoms with van der Waals surface area (Å²) in [6, 6.07) is 28.6. The molecule has 39 heavy (non-hydrogen) atoms. The van der Waals surface area contributed by atoms with Crippen molar-refractivity contribution in [3.05, 3.63) is 125 Å². The molecular weight excluding hydrogens is 484 g/mol. The number of hydrogen-bond donors (Lipinski definition) is 2. The van der Waals surface area contributed by atoms with Gasteiger partial charge >= 0.3 is 0 Å². The van der Waals surface area contributed by atoms with Crippen LogP contribution in [0.1, 0.15) is 71.7 Å². The minimum Gasteiger partial charge on any atom is -0.345 e. The summed E-state index contributed by atoms with van der Waals surface area (Å²) in [5.74, 6) is -0.524. The van der Waals surface area contributed by atoms with Gasteiger partial charge in [-0.25, -0.2) is 5.43 Å². The van der Waals surface area contributed by atoms with Crippen LogP contribution in [0.4, 0.5) is 0 Å². The quantitative estimate of drug-likeness (QED) is 0.208. The number of carbonyl (C=O) groups is 2. The fourth-order valence-corrected chi connectivity index (χ4v) is 4.60. The Hall–Kier alpha value is -4.45. The van der Waals surface area contributed by atoms with Gasteiger partial charge in [0.15, 0.2) is 0 Å². The number of hydrazone groups is 1. The van der Waals surface area contributed by atoms with Crippen molar-refractivity contribution in [2.75, 3.05) is 0 Å². The van der Waals surface area contributed by atoms with Crippen molar-refractivity contribution in [3.8, 4) is 5.69 Å². The second-order valence-corrected chi connectivity index (χ2v) is 10.8. The van der Waals surface area contributed by atoms with Gasteiger partial charge in [0.1, 0.15) is 0 Å². The number of amides is 2. The molecule has 1 heterocycles. The maximum absolute atomic E-state index is 12.8. The Balaban J connectivity index is 1.44. The first-order valence-corrected chi connectivity index (χ1v) is 13.2. The Bertz CT molecular complexity index is 1450. The van der Waals surface area contributed by atoms with Crippen molar-refractivity contribution in [2.45, 2.75) is 52.5 Å². The van der Waals surface area contributed by atoms with Gasteiger partial charge in [0, 0.05) is 28.2 Å². The van der Waals surface area contributed by atoms with Gasteiger partial charge in [-0.2, -0.15) is 5.10 Å². The van der Waals surface area contributed by atoms with Crippen LogP contribution in [0.25, 0.3) is 5.69 Å². The van der Waals surface area contributed by atoms with Crippen LogP contribution < -0.4 is 10.7 Å². The molecular formula is C33H36N4O2. The molecule has 1 atom stereocenters. The van der Waals surface area contributed by atoms with Gasteiger partial charge in [0.2, 0.25) is 5.91 Å². The van der Waals surface area contributed by atoms with Gasteiger partial charge in [-0.3, -0.25) is 9.59 Å². The van der Waals surface area contributed by atoms with Crippen LogP contribution in [0.2, 0.25) is 0 Å². The maximum Gasteiger partial charge on any atom is 0.251 e. The summed E-state index contributed by atoms with van der Waals surface area (Å²) in [6.45, 7) is 10.7. The second-order valence-electron chi connectivity index (χ2n) is 10.8. The third-order valence-electron chi connectivity index (χ3n) is 6.79. The third kappa shape index (κ3) is 6.90. The second kappa shape index (κ2) is 11.9. The smallest absolute Gasteiger partial charge is 0.251 e. The van der Waals surface area contributed by atoms with Gasteiger partial charge in [-0.1, -0.05) is 81.4 Å². The number of nitrogens with one attached hydrogen (secondary N) is 2. The van der Waals surface area contributed by atoms with Crippen molar-refractivity contribution < 1.29 is 9.59 Å². The highest BCUT2D eigenvalue weighted by Gasteiger charge is 2.19. The Morgan fingerprint density at radius 3 is 2.13 bits per heavy atom. The number of aryl methyl sites for hydroxylation is 1. The lowest BCUT2D eigenvalue weighted by Gasteiger charge is -2.20. The summed E-state index contributed by atoms with van der Waals surface area (Å²) in [5, 5.41) is 7.22. The zero-order valence-electron chi connectivity index (χ0n) is 23.2. The molecule has 0 aliphatic carbocycles. The summed E-state index contributed by atoms with van der Waals surface area (Å²) in [7, 11) is 0. The predicted octanol–water partition coefficient (Wildman–Crippen LogP) is 6.40. The molecule has 2 amide bonds. The largest absolute Gasteiger partial charge is 0.345 e. The van der Waals surface area contributed by atoms with E-state index < -0.39 is 6.04 Å². The Labute approximate surface area is 230 Å². The topological polar surface area (TPSA) is 75.5 Å². The Morgan fingerprint density at radius 1 is 0.897 bits per heavy atom. The van der Waals surface area contributed by atoms with Gasteiger partial charge in [-0.05, 0) is 60.7 Å². The average molecular weight is 521 g/mol. The normalized spacial score (nSPS) is 12.3. The van der Waals surface area contributed by atoms with E-state index in [0.29, 0.717) is 5.56 Å². The lowest BCUT2D eigenvalue weighted by Crippen LogP contribution is -2.32. The Kier molecular flexibility index (Phi) is 8.45. The van der Waals surface area contributed by atoms with E-state index in [1.54, 1.807) is 18.3 Å². The highest BCUT2D eigenvalue weighted by Crippen LogP contribution is 2.25. The lowest BCUT2D eigenvalue weighted by atomic mass is 9.87. The van der Waals surface area contributed by atoms with Crippen molar-refractivity contribution in [2.24, 2.45) is 5.10 Å². The number of aromatic nitrogens is 1. The van der Waals surface area contributed by atoms with Gasteiger partial charge in [0.05, 0.1) is 18.7 Å². The minimum atomic E-state index is -0.491. The van der Waals surface area contributed by atoms with Crippen LogP contribution >= 0.6 is 0 Å². The van der Waals surface area contributed by atoms with Crippen molar-refractivity contribution in [3.63, 3.8) is 0 Å². The molecule has 0 bridgehead atoms. The molecule has 0 fully saturated rings. The first-order valence-electron chi connectivity index (χ1n) is 13.2. The van der Waals surface area contributed by atoms with Crippen molar-refractivity contribution >= 4 is 18.0 Å². The van der Waals surface area contributed by atoms with E-state index in [1.807, 2.05) is 55.5 Å². The standard InChI is InChI=1S/C33H36N4O2/c1-23-20-27(24(2)37(23)29-18-16-28(17-19-29)33(3,4)5)22-34-36-31(38)21-30(25-12-8-6-9-13-25)35-32(39)26-14-10-7-11-15-26/h6-20,22,30H,21H2,1-5H3,(H,35,39)(H,36,38)/b34-22-/t30-/m1/s1. The molecule has 4 rings (SSSR count). The molecule has 6 nitrogen and oxygen atoms in total. The first-order chi connectivity index (χ1) is 18.6. The first kappa shape index (κ1) is 27.6. The molecule has 0 radical (unpaired) electrons. The van der Waals surface area contributed by atoms with E-state index in [4.69, 9.17) is 0 Å². The zero-order valence-corrected chi connectivity index (χ0v) is 23.2. The van der Waals surface area contributed by atoms with E-state index in [1.165, 1.54) is 5.56 Å². The minimum absolute atomic E-state index is 0.0546. The zero-order chi connectivity index (χ0) is 28.0. The molecule has 0 saturated heterocycles. The summed E-state index contributed by atoms with van der Waals surface area (Å²) in [6.07, 6.45) is 1.72. The van der Waals surface area contributed by atoms with Crippen molar-refractivity contribution in [1.82, 2.24) is 15.3 Å². The van der Waals surface area contributed by atoms with Crippen LogP contribution in [0.15, 0.2) is 96.1 Å². The molecule has 0 saturated carbocycles. The van der Waals surface area contributed by atoms with E-state index in [0.717, 1.165) is 28.2 Å². The molecule has 0 unspecified atom stereocenters. The van der Waals surface area contributed by atoms with E-state index in [2.05, 4.69) is 78.4 Å². The van der Waals surface area contributed by atoms with E-state index in [-0.39, 0.29) is 23.7 Å². The molecule has 0 spiro atoms. The van der Waals surface area contributed by atoms with Crippen LogP contribution in [0.3, 0.4) is 0 Å². The number of rotatable bonds is 8. The fourth-order valence-electron chi connectivity index (χ4n) is 4.60. The summed E-state index contributed by atoms with van der Waals surface area (Å²) in [4.78, 5) is 25.6. The van der Waals surface area contributed by atoms with Crippen LogP contribution in [0, 0.1) is 13.8 Å². The number of benzene rings is 3. The summed E-state index contributed by atoms with van der Waals surface area (Å²) in [5.41, 5.74) is 9.53.